The molecule has 0 aliphatic rings. The van der Waals surface area contributed by atoms with E-state index in [1.54, 1.807) is 11.3 Å². The predicted octanol–water partition coefficient (Wildman–Crippen LogP) is 3.79. The maximum absolute atomic E-state index is 6.12. The van der Waals surface area contributed by atoms with Crippen molar-refractivity contribution in [3.8, 4) is 0 Å². The lowest BCUT2D eigenvalue weighted by atomic mass is 10.2. The van der Waals surface area contributed by atoms with E-state index >= 15 is 0 Å². The van der Waals surface area contributed by atoms with Gasteiger partial charge in [0, 0.05) is 17.3 Å². The number of halogens is 1. The van der Waals surface area contributed by atoms with Gasteiger partial charge in [-0.05, 0) is 23.6 Å². The monoisotopic (exact) mass is 278 g/mol. The third-order valence-electron chi connectivity index (χ3n) is 2.71. The quantitative estimate of drug-likeness (QED) is 0.793. The molecule has 1 atom stereocenters. The van der Waals surface area contributed by atoms with E-state index in [4.69, 9.17) is 21.8 Å². The molecule has 5 heteroatoms. The number of hydrogen-bond donors (Lipinski definition) is 1. The van der Waals surface area contributed by atoms with Gasteiger partial charge in [-0.25, -0.2) is 4.98 Å². The van der Waals surface area contributed by atoms with Crippen molar-refractivity contribution >= 4 is 34.0 Å². The minimum Gasteiger partial charge on any atom is -0.441 e. The molecular formula is C13H11ClN2OS. The summed E-state index contributed by atoms with van der Waals surface area (Å²) in [7, 11) is 0. The summed E-state index contributed by atoms with van der Waals surface area (Å²) in [6, 6.07) is 9.36. The van der Waals surface area contributed by atoms with Crippen molar-refractivity contribution < 1.29 is 4.42 Å². The highest BCUT2D eigenvalue weighted by Gasteiger charge is 2.15. The second-order valence-electron chi connectivity index (χ2n) is 4.02. The number of rotatable bonds is 3. The van der Waals surface area contributed by atoms with Crippen LogP contribution < -0.4 is 5.73 Å². The van der Waals surface area contributed by atoms with Crippen LogP contribution in [0.25, 0.3) is 11.1 Å². The Morgan fingerprint density at radius 3 is 2.89 bits per heavy atom. The number of fused-ring (bicyclic) bond motifs is 1. The van der Waals surface area contributed by atoms with Crippen molar-refractivity contribution in [3.63, 3.8) is 0 Å². The average Bonchev–Trinajstić information content (AvgIpc) is 2.94. The highest BCUT2D eigenvalue weighted by Crippen LogP contribution is 2.29. The molecule has 0 aliphatic carbocycles. The molecule has 92 valence electrons. The second-order valence-corrected chi connectivity index (χ2v) is 5.37. The van der Waals surface area contributed by atoms with Gasteiger partial charge in [-0.3, -0.25) is 0 Å². The second kappa shape index (κ2) is 4.72. The zero-order valence-electron chi connectivity index (χ0n) is 9.47. The number of nitrogens with zero attached hydrogens (tertiary/aromatic N) is 1. The molecule has 0 spiro atoms. The maximum Gasteiger partial charge on any atom is 0.197 e. The molecule has 18 heavy (non-hydrogen) atoms. The van der Waals surface area contributed by atoms with Crippen LogP contribution in [0.15, 0.2) is 40.1 Å². The molecule has 0 saturated heterocycles. The standard InChI is InChI=1S/C13H11ClN2OS/c14-8-5-6-18-13(8)9(15)7-12-16-10-3-1-2-4-11(10)17-12/h1-6,9H,7,15H2. The van der Waals surface area contributed by atoms with Crippen LogP contribution in [0, 0.1) is 0 Å². The van der Waals surface area contributed by atoms with E-state index in [1.807, 2.05) is 35.7 Å². The molecule has 3 nitrogen and oxygen atoms in total. The molecule has 0 saturated carbocycles. The van der Waals surface area contributed by atoms with Crippen LogP contribution in [0.5, 0.6) is 0 Å². The molecule has 2 aromatic heterocycles. The van der Waals surface area contributed by atoms with Gasteiger partial charge in [-0.1, -0.05) is 23.7 Å². The summed E-state index contributed by atoms with van der Waals surface area (Å²) in [4.78, 5) is 5.38. The van der Waals surface area contributed by atoms with Crippen molar-refractivity contribution in [1.82, 2.24) is 4.98 Å². The van der Waals surface area contributed by atoms with Crippen molar-refractivity contribution in [2.24, 2.45) is 5.73 Å². The highest BCUT2D eigenvalue weighted by molar-refractivity contribution is 7.10. The lowest BCUT2D eigenvalue weighted by Gasteiger charge is -2.06. The Hall–Kier alpha value is -1.36. The highest BCUT2D eigenvalue weighted by atomic mass is 35.5. The zero-order chi connectivity index (χ0) is 12.5. The number of thiophene rings is 1. The fourth-order valence-electron chi connectivity index (χ4n) is 1.86. The normalized spacial score (nSPS) is 13.0. The zero-order valence-corrected chi connectivity index (χ0v) is 11.0. The van der Waals surface area contributed by atoms with Gasteiger partial charge in [-0.15, -0.1) is 11.3 Å². The smallest absolute Gasteiger partial charge is 0.197 e. The Bertz CT molecular complexity index is 643. The first kappa shape index (κ1) is 11.7. The van der Waals surface area contributed by atoms with E-state index < -0.39 is 0 Å². The Labute approximate surface area is 113 Å². The van der Waals surface area contributed by atoms with Gasteiger partial charge < -0.3 is 10.2 Å². The largest absolute Gasteiger partial charge is 0.441 e. The molecule has 0 bridgehead atoms. The number of nitrogens with two attached hydrogens (primary N) is 1. The predicted molar refractivity (Wildman–Crippen MR) is 74.0 cm³/mol. The number of para-hydroxylation sites is 2. The summed E-state index contributed by atoms with van der Waals surface area (Å²) >= 11 is 7.62. The van der Waals surface area contributed by atoms with Crippen molar-refractivity contribution in [1.29, 1.82) is 0 Å². The maximum atomic E-state index is 6.12. The summed E-state index contributed by atoms with van der Waals surface area (Å²) in [6.07, 6.45) is 0.551. The molecule has 3 aromatic rings. The van der Waals surface area contributed by atoms with Crippen molar-refractivity contribution in [3.05, 3.63) is 51.5 Å². The SMILES string of the molecule is NC(Cc1nc2ccccc2o1)c1sccc1Cl. The summed E-state index contributed by atoms with van der Waals surface area (Å²) in [5.74, 6) is 0.646. The fourth-order valence-corrected chi connectivity index (χ4v) is 3.06. The third kappa shape index (κ3) is 2.14. The van der Waals surface area contributed by atoms with Crippen LogP contribution in [-0.4, -0.2) is 4.98 Å². The van der Waals surface area contributed by atoms with E-state index in [9.17, 15) is 0 Å². The van der Waals surface area contributed by atoms with Crippen LogP contribution >= 0.6 is 22.9 Å². The molecular weight excluding hydrogens is 268 g/mol. The summed E-state index contributed by atoms with van der Waals surface area (Å²) < 4.78 is 5.65. The molecule has 0 radical (unpaired) electrons. The minimum absolute atomic E-state index is 0.175. The van der Waals surface area contributed by atoms with Crippen molar-refractivity contribution in [2.75, 3.05) is 0 Å². The lowest BCUT2D eigenvalue weighted by molar-refractivity contribution is 0.504. The fraction of sp³-hybridized carbons (Fsp3) is 0.154. The molecule has 1 aromatic carbocycles. The third-order valence-corrected chi connectivity index (χ3v) is 4.20. The molecule has 2 N–H and O–H groups in total. The first-order valence-electron chi connectivity index (χ1n) is 5.57. The van der Waals surface area contributed by atoms with Crippen LogP contribution in [0.1, 0.15) is 16.8 Å². The van der Waals surface area contributed by atoms with Crippen LogP contribution in [0.4, 0.5) is 0 Å². The molecule has 1 unspecified atom stereocenters. The molecule has 3 rings (SSSR count). The van der Waals surface area contributed by atoms with E-state index in [2.05, 4.69) is 4.98 Å². The summed E-state index contributed by atoms with van der Waals surface area (Å²) in [6.45, 7) is 0. The van der Waals surface area contributed by atoms with Gasteiger partial charge in [0.05, 0.1) is 5.02 Å². The van der Waals surface area contributed by atoms with Gasteiger partial charge in [0.2, 0.25) is 0 Å². The lowest BCUT2D eigenvalue weighted by Crippen LogP contribution is -2.12. The molecule has 0 amide bonds. The van der Waals surface area contributed by atoms with E-state index in [1.165, 1.54) is 0 Å². The number of hydrogen-bond acceptors (Lipinski definition) is 4. The van der Waals surface area contributed by atoms with Gasteiger partial charge in [0.15, 0.2) is 11.5 Å². The van der Waals surface area contributed by atoms with E-state index in [-0.39, 0.29) is 6.04 Å². The van der Waals surface area contributed by atoms with Gasteiger partial charge in [0.1, 0.15) is 5.52 Å². The molecule has 2 heterocycles. The molecule has 0 aliphatic heterocycles. The number of aromatic nitrogens is 1. The minimum atomic E-state index is -0.175. The Balaban J connectivity index is 1.86. The number of oxazole rings is 1. The van der Waals surface area contributed by atoms with E-state index in [0.717, 1.165) is 16.0 Å². The summed E-state index contributed by atoms with van der Waals surface area (Å²) in [5.41, 5.74) is 7.77. The van der Waals surface area contributed by atoms with Gasteiger partial charge in [0.25, 0.3) is 0 Å². The average molecular weight is 279 g/mol. The van der Waals surface area contributed by atoms with Gasteiger partial charge >= 0.3 is 0 Å². The Kier molecular flexibility index (Phi) is 3.07. The van der Waals surface area contributed by atoms with Gasteiger partial charge in [-0.2, -0.15) is 0 Å². The van der Waals surface area contributed by atoms with Crippen molar-refractivity contribution in [2.45, 2.75) is 12.5 Å². The Morgan fingerprint density at radius 2 is 2.17 bits per heavy atom. The topological polar surface area (TPSA) is 52.0 Å². The van der Waals surface area contributed by atoms with Crippen LogP contribution in [-0.2, 0) is 6.42 Å². The van der Waals surface area contributed by atoms with Crippen LogP contribution in [0.2, 0.25) is 5.02 Å². The molecule has 0 fully saturated rings. The first-order chi connectivity index (χ1) is 8.74. The Morgan fingerprint density at radius 1 is 1.33 bits per heavy atom. The van der Waals surface area contributed by atoms with Crippen LogP contribution in [0.3, 0.4) is 0 Å². The number of benzene rings is 1. The summed E-state index contributed by atoms with van der Waals surface area (Å²) in [5, 5.41) is 2.65. The first-order valence-corrected chi connectivity index (χ1v) is 6.83. The van der Waals surface area contributed by atoms with E-state index in [0.29, 0.717) is 17.3 Å².